The molecule has 0 radical (unpaired) electrons. The summed E-state index contributed by atoms with van der Waals surface area (Å²) < 4.78 is 48.7. The maximum absolute atomic E-state index is 11.3. The normalized spacial score (nSPS) is 12.0. The van der Waals surface area contributed by atoms with Crippen LogP contribution in [0.4, 0.5) is 0 Å². The first-order valence-corrected chi connectivity index (χ1v) is 11.8. The third-order valence-electron chi connectivity index (χ3n) is 4.94. The molecule has 0 amide bonds. The number of benzene rings is 2. The van der Waals surface area contributed by atoms with Crippen LogP contribution in [0, 0.1) is 6.92 Å². The molecule has 2 heterocycles. The molecule has 0 saturated carbocycles. The van der Waals surface area contributed by atoms with Crippen LogP contribution in [0.15, 0.2) is 77.3 Å². The quantitative estimate of drug-likeness (QED) is 0.254. The monoisotopic (exact) mass is 506 g/mol. The Morgan fingerprint density at radius 2 is 1.71 bits per heavy atom. The first kappa shape index (κ1) is 26.9. The molecule has 0 spiro atoms. The number of aryl methyl sites for hydroxylation is 1. The summed E-state index contributed by atoms with van der Waals surface area (Å²) in [5, 5.41) is 9.82. The van der Waals surface area contributed by atoms with Gasteiger partial charge in [0.25, 0.3) is 10.1 Å². The minimum atomic E-state index is -4.71. The predicted molar refractivity (Wildman–Crippen MR) is 124 cm³/mol. The van der Waals surface area contributed by atoms with Crippen LogP contribution in [0.5, 0.6) is 11.6 Å². The SMILES string of the molecule is Cc1oc(-c2ccccc2)nc1COc1ccc(COc2ncccc2C(O)S(=O)(=O)O)cc1.[H-].[Na+]. The number of hydrogen-bond donors (Lipinski definition) is 2. The van der Waals surface area contributed by atoms with E-state index in [1.54, 1.807) is 24.3 Å². The van der Waals surface area contributed by atoms with E-state index in [0.29, 0.717) is 23.1 Å². The van der Waals surface area contributed by atoms with Gasteiger partial charge in [-0.15, -0.1) is 0 Å². The van der Waals surface area contributed by atoms with Crippen LogP contribution in [0.2, 0.25) is 0 Å². The number of ether oxygens (including phenoxy) is 2. The molecular weight excluding hydrogens is 483 g/mol. The number of nitrogens with zero attached hydrogens (tertiary/aromatic N) is 2. The van der Waals surface area contributed by atoms with Gasteiger partial charge in [0.15, 0.2) is 0 Å². The van der Waals surface area contributed by atoms with Crippen molar-refractivity contribution in [3.8, 4) is 23.1 Å². The van der Waals surface area contributed by atoms with Gasteiger partial charge >= 0.3 is 29.6 Å². The zero-order chi connectivity index (χ0) is 24.1. The molecule has 2 N–H and O–H groups in total. The summed E-state index contributed by atoms with van der Waals surface area (Å²) >= 11 is 0. The van der Waals surface area contributed by atoms with Crippen molar-refractivity contribution in [3.63, 3.8) is 0 Å². The van der Waals surface area contributed by atoms with E-state index < -0.39 is 15.6 Å². The van der Waals surface area contributed by atoms with Crippen LogP contribution in [0.25, 0.3) is 11.5 Å². The topological polar surface area (TPSA) is 132 Å². The molecule has 0 bridgehead atoms. The summed E-state index contributed by atoms with van der Waals surface area (Å²) in [6.45, 7) is 2.14. The van der Waals surface area contributed by atoms with E-state index in [-0.39, 0.29) is 55.6 Å². The van der Waals surface area contributed by atoms with Crippen LogP contribution in [-0.4, -0.2) is 28.0 Å². The maximum atomic E-state index is 11.3. The van der Waals surface area contributed by atoms with Crippen LogP contribution in [0.1, 0.15) is 29.4 Å². The van der Waals surface area contributed by atoms with E-state index in [0.717, 1.165) is 11.1 Å². The minimum Gasteiger partial charge on any atom is -1.00 e. The van der Waals surface area contributed by atoms with Gasteiger partial charge in [-0.1, -0.05) is 30.3 Å². The zero-order valence-corrected chi connectivity index (χ0v) is 22.0. The molecule has 0 fully saturated rings. The van der Waals surface area contributed by atoms with E-state index in [9.17, 15) is 13.5 Å². The van der Waals surface area contributed by atoms with Gasteiger partial charge in [0.1, 0.15) is 30.4 Å². The molecule has 2 aromatic carbocycles. The Kier molecular flexibility index (Phi) is 9.06. The Bertz CT molecular complexity index is 1370. The fourth-order valence-electron chi connectivity index (χ4n) is 3.12. The molecule has 0 aliphatic carbocycles. The Balaban J connectivity index is 0.00000228. The van der Waals surface area contributed by atoms with E-state index in [2.05, 4.69) is 9.97 Å². The molecule has 4 aromatic rings. The first-order chi connectivity index (χ1) is 16.3. The van der Waals surface area contributed by atoms with Crippen molar-refractivity contribution in [1.29, 1.82) is 0 Å². The number of rotatable bonds is 9. The summed E-state index contributed by atoms with van der Waals surface area (Å²) in [4.78, 5) is 8.46. The summed E-state index contributed by atoms with van der Waals surface area (Å²) in [6.07, 6.45) is 1.39. The van der Waals surface area contributed by atoms with Crippen LogP contribution >= 0.6 is 0 Å². The largest absolute Gasteiger partial charge is 1.00 e. The summed E-state index contributed by atoms with van der Waals surface area (Å²) in [7, 11) is -4.71. The molecule has 9 nitrogen and oxygen atoms in total. The molecule has 1 atom stereocenters. The second-order valence-corrected chi connectivity index (χ2v) is 8.85. The summed E-state index contributed by atoms with van der Waals surface area (Å²) in [5.41, 5.74) is 0.0548. The zero-order valence-electron chi connectivity index (χ0n) is 20.2. The average Bonchev–Trinajstić information content (AvgIpc) is 3.22. The van der Waals surface area contributed by atoms with E-state index in [1.165, 1.54) is 18.3 Å². The molecule has 0 saturated heterocycles. The van der Waals surface area contributed by atoms with Gasteiger partial charge in [0.2, 0.25) is 17.2 Å². The standard InChI is InChI=1S/C24H22N2O7S.Na.H/c1-16-21(26-22(33-16)18-6-3-2-4-7-18)15-31-19-11-9-17(10-12-19)14-32-23-20(8-5-13-25-23)24(27)34(28,29)30;;/h2-13,24,27H,14-15H2,1H3,(H,28,29,30);;/q;+1;-1. The minimum absolute atomic E-state index is 0. The number of aliphatic hydroxyl groups is 1. The summed E-state index contributed by atoms with van der Waals surface area (Å²) in [5.74, 6) is 1.75. The number of pyridine rings is 1. The third-order valence-corrected chi connectivity index (χ3v) is 5.75. The predicted octanol–water partition coefficient (Wildman–Crippen LogP) is 1.20. The Labute approximate surface area is 226 Å². The van der Waals surface area contributed by atoms with Crippen molar-refractivity contribution in [2.45, 2.75) is 25.6 Å². The molecule has 11 heteroatoms. The maximum Gasteiger partial charge on any atom is 1.00 e. The number of oxazole rings is 1. The van der Waals surface area contributed by atoms with Gasteiger partial charge in [-0.25, -0.2) is 9.97 Å². The van der Waals surface area contributed by atoms with Crippen molar-refractivity contribution in [2.24, 2.45) is 0 Å². The van der Waals surface area contributed by atoms with Crippen LogP contribution in [-0.2, 0) is 23.3 Å². The first-order valence-electron chi connectivity index (χ1n) is 10.3. The molecule has 178 valence electrons. The second kappa shape index (κ2) is 11.8. The molecule has 35 heavy (non-hydrogen) atoms. The van der Waals surface area contributed by atoms with E-state index >= 15 is 0 Å². The molecular formula is C24H23N2NaO7S. The van der Waals surface area contributed by atoms with Crippen LogP contribution < -0.4 is 39.0 Å². The molecule has 0 aliphatic rings. The molecule has 2 aromatic heterocycles. The van der Waals surface area contributed by atoms with Crippen molar-refractivity contribution >= 4 is 10.1 Å². The number of hydrogen-bond acceptors (Lipinski definition) is 8. The van der Waals surface area contributed by atoms with E-state index in [4.69, 9.17) is 18.4 Å². The van der Waals surface area contributed by atoms with Crippen molar-refractivity contribution in [1.82, 2.24) is 9.97 Å². The third kappa shape index (κ3) is 6.91. The molecule has 4 rings (SSSR count). The fourth-order valence-corrected chi connectivity index (χ4v) is 3.62. The number of aliphatic hydroxyl groups excluding tert-OH is 1. The Morgan fingerprint density at radius 1 is 1.00 bits per heavy atom. The van der Waals surface area contributed by atoms with Crippen molar-refractivity contribution < 1.29 is 63.0 Å². The Morgan fingerprint density at radius 3 is 2.40 bits per heavy atom. The van der Waals surface area contributed by atoms with E-state index in [1.807, 2.05) is 37.3 Å². The van der Waals surface area contributed by atoms with Gasteiger partial charge in [0, 0.05) is 11.8 Å². The fraction of sp³-hybridized carbons (Fsp3) is 0.167. The second-order valence-electron chi connectivity index (χ2n) is 7.37. The smallest absolute Gasteiger partial charge is 1.00 e. The summed E-state index contributed by atoms with van der Waals surface area (Å²) in [6, 6.07) is 19.4. The van der Waals surface area contributed by atoms with Crippen molar-refractivity contribution in [3.05, 3.63) is 95.5 Å². The van der Waals surface area contributed by atoms with Gasteiger partial charge < -0.3 is 20.4 Å². The molecule has 1 unspecified atom stereocenters. The van der Waals surface area contributed by atoms with Crippen molar-refractivity contribution in [2.75, 3.05) is 0 Å². The average molecular weight is 507 g/mol. The van der Waals surface area contributed by atoms with Crippen LogP contribution in [0.3, 0.4) is 0 Å². The van der Waals surface area contributed by atoms with Gasteiger partial charge in [-0.05, 0) is 48.9 Å². The van der Waals surface area contributed by atoms with Gasteiger partial charge in [-0.2, -0.15) is 8.42 Å². The van der Waals surface area contributed by atoms with Gasteiger partial charge in [-0.3, -0.25) is 4.55 Å². The number of aromatic nitrogens is 2. The Hall–Kier alpha value is -2.73. The molecule has 0 aliphatic heterocycles. The van der Waals surface area contributed by atoms with Gasteiger partial charge in [0.05, 0.1) is 5.56 Å².